The van der Waals surface area contributed by atoms with Crippen molar-refractivity contribution >= 4 is 29.7 Å². The maximum absolute atomic E-state index is 12.9. The molecule has 0 unspecified atom stereocenters. The first kappa shape index (κ1) is 14.5. The van der Waals surface area contributed by atoms with E-state index in [4.69, 9.17) is 4.74 Å². The molecule has 1 aliphatic heterocycles. The lowest BCUT2D eigenvalue weighted by atomic mass is 10.2. The van der Waals surface area contributed by atoms with Crippen molar-refractivity contribution in [3.8, 4) is 0 Å². The molecule has 0 atom stereocenters. The van der Waals surface area contributed by atoms with Crippen LogP contribution in [0.1, 0.15) is 11.1 Å². The van der Waals surface area contributed by atoms with Gasteiger partial charge in [0.05, 0.1) is 0 Å². The number of halogens is 1. The summed E-state index contributed by atoms with van der Waals surface area (Å²) in [6.07, 6.45) is 3.67. The van der Waals surface area contributed by atoms with E-state index in [1.165, 1.54) is 24.3 Å². The van der Waals surface area contributed by atoms with E-state index < -0.39 is 5.97 Å². The summed E-state index contributed by atoms with van der Waals surface area (Å²) in [5.41, 5.74) is 1.67. The highest BCUT2D eigenvalue weighted by atomic mass is 32.2. The number of hydrogen-bond donors (Lipinski definition) is 0. The van der Waals surface area contributed by atoms with Crippen molar-refractivity contribution in [3.05, 3.63) is 71.2 Å². The Kier molecular flexibility index (Phi) is 4.06. The second kappa shape index (κ2) is 6.15. The third kappa shape index (κ3) is 3.09. The van der Waals surface area contributed by atoms with Gasteiger partial charge >= 0.3 is 5.97 Å². The Morgan fingerprint density at radius 3 is 2.41 bits per heavy atom. The minimum absolute atomic E-state index is 0.192. The van der Waals surface area contributed by atoms with Crippen molar-refractivity contribution in [1.82, 2.24) is 0 Å². The van der Waals surface area contributed by atoms with Crippen LogP contribution in [0.5, 0.6) is 0 Å². The third-order valence-electron chi connectivity index (χ3n) is 3.13. The Morgan fingerprint density at radius 2 is 1.77 bits per heavy atom. The largest absolute Gasteiger partial charge is 0.402 e. The molecule has 0 fully saturated rings. The third-order valence-corrected chi connectivity index (χ3v) is 3.87. The van der Waals surface area contributed by atoms with E-state index >= 15 is 0 Å². The van der Waals surface area contributed by atoms with Crippen LogP contribution >= 0.6 is 11.8 Å². The van der Waals surface area contributed by atoms with Crippen LogP contribution in [-0.4, -0.2) is 18.1 Å². The molecule has 3 nitrogen and oxygen atoms in total. The maximum Gasteiger partial charge on any atom is 0.363 e. The van der Waals surface area contributed by atoms with Gasteiger partial charge in [0.2, 0.25) is 5.90 Å². The number of nitrogens with zero attached hydrogens (tertiary/aromatic N) is 1. The number of hydrogen-bond acceptors (Lipinski definition) is 4. The zero-order chi connectivity index (χ0) is 15.5. The minimum atomic E-state index is -0.506. The van der Waals surface area contributed by atoms with Crippen LogP contribution in [-0.2, 0) is 9.53 Å². The van der Waals surface area contributed by atoms with Gasteiger partial charge in [-0.1, -0.05) is 12.1 Å². The summed E-state index contributed by atoms with van der Waals surface area (Å²) in [4.78, 5) is 17.2. The van der Waals surface area contributed by atoms with Gasteiger partial charge in [0.1, 0.15) is 5.82 Å². The van der Waals surface area contributed by atoms with Crippen molar-refractivity contribution in [2.24, 2.45) is 4.99 Å². The van der Waals surface area contributed by atoms with Crippen LogP contribution in [0.15, 0.2) is 64.1 Å². The Labute approximate surface area is 131 Å². The summed E-state index contributed by atoms with van der Waals surface area (Å²) in [5.74, 6) is -0.663. The Morgan fingerprint density at radius 1 is 1.09 bits per heavy atom. The van der Waals surface area contributed by atoms with Crippen LogP contribution in [0.3, 0.4) is 0 Å². The molecular weight excluding hydrogens is 301 g/mol. The van der Waals surface area contributed by atoms with Gasteiger partial charge in [-0.25, -0.2) is 14.2 Å². The molecule has 0 aromatic heterocycles. The van der Waals surface area contributed by atoms with E-state index in [9.17, 15) is 9.18 Å². The first-order valence-electron chi connectivity index (χ1n) is 6.58. The molecule has 5 heteroatoms. The van der Waals surface area contributed by atoms with Crippen LogP contribution in [0.4, 0.5) is 4.39 Å². The standard InChI is InChI=1S/C17H12FNO2S/c1-22-14-8-2-11(3-9-14)10-15-17(20)21-16(19-15)12-4-6-13(18)7-5-12/h2-10H,1H3. The average Bonchev–Trinajstić information content (AvgIpc) is 2.90. The van der Waals surface area contributed by atoms with E-state index in [-0.39, 0.29) is 17.4 Å². The quantitative estimate of drug-likeness (QED) is 0.490. The van der Waals surface area contributed by atoms with E-state index in [0.717, 1.165) is 10.5 Å². The van der Waals surface area contributed by atoms with Gasteiger partial charge in [0, 0.05) is 10.5 Å². The van der Waals surface area contributed by atoms with Gasteiger partial charge in [0.15, 0.2) is 5.70 Å². The first-order chi connectivity index (χ1) is 10.7. The second-order valence-corrected chi connectivity index (χ2v) is 5.50. The summed E-state index contributed by atoms with van der Waals surface area (Å²) < 4.78 is 18.0. The van der Waals surface area contributed by atoms with Crippen LogP contribution in [0, 0.1) is 5.82 Å². The van der Waals surface area contributed by atoms with Crippen molar-refractivity contribution in [3.63, 3.8) is 0 Å². The van der Waals surface area contributed by atoms with Crippen LogP contribution in [0.2, 0.25) is 0 Å². The lowest BCUT2D eigenvalue weighted by Crippen LogP contribution is -2.05. The van der Waals surface area contributed by atoms with Crippen molar-refractivity contribution in [2.45, 2.75) is 4.90 Å². The molecule has 0 radical (unpaired) electrons. The van der Waals surface area contributed by atoms with E-state index in [1.807, 2.05) is 30.5 Å². The van der Waals surface area contributed by atoms with Gasteiger partial charge in [-0.2, -0.15) is 0 Å². The lowest BCUT2D eigenvalue weighted by Gasteiger charge is -1.98. The summed E-state index contributed by atoms with van der Waals surface area (Å²) in [5, 5.41) is 0. The molecule has 1 heterocycles. The van der Waals surface area contributed by atoms with Gasteiger partial charge in [-0.15, -0.1) is 11.8 Å². The topological polar surface area (TPSA) is 38.7 Å². The van der Waals surface area contributed by atoms with E-state index in [1.54, 1.807) is 17.8 Å². The van der Waals surface area contributed by atoms with Gasteiger partial charge in [-0.3, -0.25) is 0 Å². The average molecular weight is 313 g/mol. The van der Waals surface area contributed by atoms with Crippen molar-refractivity contribution in [2.75, 3.05) is 6.26 Å². The zero-order valence-corrected chi connectivity index (χ0v) is 12.6. The Hall–Kier alpha value is -2.40. The SMILES string of the molecule is CSc1ccc(C=C2N=C(c3ccc(F)cc3)OC2=O)cc1. The molecule has 3 rings (SSSR count). The molecular formula is C17H12FNO2S. The van der Waals surface area contributed by atoms with Gasteiger partial charge in [0.25, 0.3) is 0 Å². The Balaban J connectivity index is 1.88. The molecule has 2 aromatic rings. The highest BCUT2D eigenvalue weighted by molar-refractivity contribution is 7.98. The predicted octanol–water partition coefficient (Wildman–Crippen LogP) is 3.89. The van der Waals surface area contributed by atoms with E-state index in [0.29, 0.717) is 5.56 Å². The first-order valence-corrected chi connectivity index (χ1v) is 7.81. The van der Waals surface area contributed by atoms with Crippen LogP contribution in [0.25, 0.3) is 6.08 Å². The molecule has 1 aliphatic rings. The number of aliphatic imine (C=N–C) groups is 1. The maximum atomic E-state index is 12.9. The predicted molar refractivity (Wildman–Crippen MR) is 85.2 cm³/mol. The van der Waals surface area contributed by atoms with E-state index in [2.05, 4.69) is 4.99 Å². The number of thioether (sulfide) groups is 1. The number of carbonyl (C=O) groups excluding carboxylic acids is 1. The number of benzene rings is 2. The summed E-state index contributed by atoms with van der Waals surface area (Å²) in [7, 11) is 0. The smallest absolute Gasteiger partial charge is 0.363 e. The molecule has 0 saturated heterocycles. The normalized spacial score (nSPS) is 15.8. The second-order valence-electron chi connectivity index (χ2n) is 4.62. The fourth-order valence-corrected chi connectivity index (χ4v) is 2.39. The zero-order valence-electron chi connectivity index (χ0n) is 11.7. The fourth-order valence-electron chi connectivity index (χ4n) is 1.98. The fraction of sp³-hybridized carbons (Fsp3) is 0.0588. The molecule has 2 aromatic carbocycles. The molecule has 0 spiro atoms. The van der Waals surface area contributed by atoms with Gasteiger partial charge in [-0.05, 0) is 54.3 Å². The minimum Gasteiger partial charge on any atom is -0.402 e. The summed E-state index contributed by atoms with van der Waals surface area (Å²) >= 11 is 1.65. The monoisotopic (exact) mass is 313 g/mol. The molecule has 0 bridgehead atoms. The lowest BCUT2D eigenvalue weighted by molar-refractivity contribution is -0.129. The Bertz CT molecular complexity index is 764. The highest BCUT2D eigenvalue weighted by Gasteiger charge is 2.24. The van der Waals surface area contributed by atoms with Crippen LogP contribution < -0.4 is 0 Å². The molecule has 0 aliphatic carbocycles. The number of esters is 1. The molecule has 0 amide bonds. The highest BCUT2D eigenvalue weighted by Crippen LogP contribution is 2.21. The number of carbonyl (C=O) groups is 1. The molecule has 0 N–H and O–H groups in total. The number of cyclic esters (lactones) is 1. The summed E-state index contributed by atoms with van der Waals surface area (Å²) in [6.45, 7) is 0. The number of ether oxygens (including phenoxy) is 1. The van der Waals surface area contributed by atoms with Gasteiger partial charge < -0.3 is 4.74 Å². The van der Waals surface area contributed by atoms with Crippen molar-refractivity contribution in [1.29, 1.82) is 0 Å². The number of rotatable bonds is 3. The molecule has 22 heavy (non-hydrogen) atoms. The molecule has 110 valence electrons. The summed E-state index contributed by atoms with van der Waals surface area (Å²) in [6, 6.07) is 13.4. The van der Waals surface area contributed by atoms with Crippen molar-refractivity contribution < 1.29 is 13.9 Å². The molecule has 0 saturated carbocycles.